The summed E-state index contributed by atoms with van der Waals surface area (Å²) >= 11 is 6.89. The Bertz CT molecular complexity index is 615. The number of rotatable bonds is 4. The number of hydrogen-bond donors (Lipinski definition) is 0. The third-order valence-corrected chi connectivity index (χ3v) is 4.11. The minimum atomic E-state index is -0.0449. The van der Waals surface area contributed by atoms with E-state index < -0.39 is 0 Å². The van der Waals surface area contributed by atoms with Gasteiger partial charge in [0.1, 0.15) is 0 Å². The van der Waals surface area contributed by atoms with Gasteiger partial charge >= 0.3 is 0 Å². The average molecular weight is 392 g/mol. The number of benzene rings is 2. The molecule has 2 rings (SSSR count). The van der Waals surface area contributed by atoms with Crippen LogP contribution in [0.2, 0.25) is 0 Å². The van der Waals surface area contributed by atoms with Crippen molar-refractivity contribution in [1.82, 2.24) is 0 Å². The van der Waals surface area contributed by atoms with Crippen molar-refractivity contribution in [3.8, 4) is 0 Å². The van der Waals surface area contributed by atoms with Gasteiger partial charge in [-0.05, 0) is 47.6 Å². The maximum atomic E-state index is 11.8. The second-order valence-corrected chi connectivity index (χ2v) is 5.82. The van der Waals surface area contributed by atoms with E-state index in [1.54, 1.807) is 24.3 Å². The van der Waals surface area contributed by atoms with Gasteiger partial charge in [-0.2, -0.15) is 0 Å². The van der Waals surface area contributed by atoms with Crippen LogP contribution in [0, 0.1) is 0 Å². The molecule has 0 saturated carbocycles. The van der Waals surface area contributed by atoms with Gasteiger partial charge in [-0.25, -0.2) is 0 Å². The molecule has 1 nitrogen and oxygen atoms in total. The van der Waals surface area contributed by atoms with Gasteiger partial charge in [-0.3, -0.25) is 4.79 Å². The van der Waals surface area contributed by atoms with Crippen LogP contribution in [0.5, 0.6) is 0 Å². The Kier molecular flexibility index (Phi) is 5.50. The first-order valence-electron chi connectivity index (χ1n) is 6.06. The summed E-state index contributed by atoms with van der Waals surface area (Å²) in [6.45, 7) is 0. The fourth-order valence-corrected chi connectivity index (χ4v) is 2.45. The van der Waals surface area contributed by atoms with Gasteiger partial charge in [0, 0.05) is 8.95 Å². The molecule has 0 N–H and O–H groups in total. The molecule has 0 atom stereocenters. The highest BCUT2D eigenvalue weighted by Crippen LogP contribution is 2.18. The van der Waals surface area contributed by atoms with Crippen molar-refractivity contribution in [3.63, 3.8) is 0 Å². The Morgan fingerprint density at radius 2 is 1.15 bits per heavy atom. The number of ketones is 1. The van der Waals surface area contributed by atoms with E-state index in [9.17, 15) is 4.79 Å². The van der Waals surface area contributed by atoms with Gasteiger partial charge in [0.05, 0.1) is 0 Å². The molecule has 3 heteroatoms. The summed E-state index contributed by atoms with van der Waals surface area (Å²) in [4.78, 5) is 11.8. The molecule has 0 aromatic heterocycles. The van der Waals surface area contributed by atoms with Gasteiger partial charge < -0.3 is 0 Å². The van der Waals surface area contributed by atoms with Crippen LogP contribution in [0.3, 0.4) is 0 Å². The topological polar surface area (TPSA) is 17.1 Å². The molecule has 0 aliphatic carbocycles. The average Bonchev–Trinajstić information content (AvgIpc) is 2.45. The molecule has 20 heavy (non-hydrogen) atoms. The second-order valence-electron chi connectivity index (χ2n) is 4.11. The first kappa shape index (κ1) is 14.9. The van der Waals surface area contributed by atoms with E-state index in [2.05, 4.69) is 31.9 Å². The summed E-state index contributed by atoms with van der Waals surface area (Å²) in [6, 6.07) is 15.5. The number of hydrogen-bond acceptors (Lipinski definition) is 1. The molecule has 0 amide bonds. The molecule has 0 aliphatic heterocycles. The van der Waals surface area contributed by atoms with E-state index in [1.807, 2.05) is 48.5 Å². The van der Waals surface area contributed by atoms with E-state index in [0.717, 1.165) is 20.1 Å². The van der Waals surface area contributed by atoms with Crippen LogP contribution in [0.25, 0.3) is 12.2 Å². The molecule has 0 bridgehead atoms. The van der Waals surface area contributed by atoms with E-state index in [0.29, 0.717) is 0 Å². The standard InChI is InChI=1S/C17H12Br2O/c18-16-7-3-1-5-13(16)9-11-15(20)12-10-14-6-2-4-8-17(14)19/h1-12H/b11-9+,12-10+. The molecule has 0 fully saturated rings. The zero-order valence-electron chi connectivity index (χ0n) is 10.6. The lowest BCUT2D eigenvalue weighted by atomic mass is 10.1. The summed E-state index contributed by atoms with van der Waals surface area (Å²) in [5.74, 6) is -0.0449. The summed E-state index contributed by atoms with van der Waals surface area (Å²) in [5.41, 5.74) is 1.96. The van der Waals surface area contributed by atoms with Crippen molar-refractivity contribution in [3.05, 3.63) is 80.8 Å². The number of allylic oxidation sites excluding steroid dienone is 2. The molecule has 2 aromatic rings. The van der Waals surface area contributed by atoms with Crippen molar-refractivity contribution >= 4 is 49.8 Å². The minimum absolute atomic E-state index is 0.0449. The summed E-state index contributed by atoms with van der Waals surface area (Å²) in [5, 5.41) is 0. The van der Waals surface area contributed by atoms with Crippen molar-refractivity contribution in [2.45, 2.75) is 0 Å². The van der Waals surface area contributed by atoms with Gasteiger partial charge in [0.15, 0.2) is 5.78 Å². The molecule has 0 spiro atoms. The molecule has 0 radical (unpaired) electrons. The Hall–Kier alpha value is -1.45. The SMILES string of the molecule is O=C(/C=C/c1ccccc1Br)/C=C/c1ccccc1Br. The van der Waals surface area contributed by atoms with Crippen LogP contribution in [0.1, 0.15) is 11.1 Å². The van der Waals surface area contributed by atoms with Gasteiger partial charge in [0.25, 0.3) is 0 Å². The lowest BCUT2D eigenvalue weighted by Gasteiger charge is -1.96. The largest absolute Gasteiger partial charge is 0.290 e. The summed E-state index contributed by atoms with van der Waals surface area (Å²) in [6.07, 6.45) is 6.73. The lowest BCUT2D eigenvalue weighted by molar-refractivity contribution is -0.110. The molecular formula is C17H12Br2O. The van der Waals surface area contributed by atoms with Crippen LogP contribution >= 0.6 is 31.9 Å². The first-order valence-corrected chi connectivity index (χ1v) is 7.64. The number of carbonyl (C=O) groups excluding carboxylic acids is 1. The maximum Gasteiger partial charge on any atom is 0.178 e. The highest BCUT2D eigenvalue weighted by molar-refractivity contribution is 9.10. The molecule has 0 heterocycles. The molecule has 0 aliphatic rings. The quantitative estimate of drug-likeness (QED) is 0.628. The Morgan fingerprint density at radius 3 is 1.55 bits per heavy atom. The van der Waals surface area contributed by atoms with Gasteiger partial charge in [-0.1, -0.05) is 68.3 Å². The first-order chi connectivity index (χ1) is 9.66. The number of carbonyl (C=O) groups is 1. The molecule has 2 aromatic carbocycles. The third kappa shape index (κ3) is 4.29. The van der Waals surface area contributed by atoms with Crippen LogP contribution in [0.4, 0.5) is 0 Å². The van der Waals surface area contributed by atoms with Crippen LogP contribution in [-0.4, -0.2) is 5.78 Å². The summed E-state index contributed by atoms with van der Waals surface area (Å²) < 4.78 is 1.94. The zero-order valence-corrected chi connectivity index (χ0v) is 13.8. The van der Waals surface area contributed by atoms with Crippen LogP contribution in [-0.2, 0) is 4.79 Å². The fraction of sp³-hybridized carbons (Fsp3) is 0. The zero-order chi connectivity index (χ0) is 14.4. The molecule has 100 valence electrons. The van der Waals surface area contributed by atoms with Gasteiger partial charge in [0.2, 0.25) is 0 Å². The van der Waals surface area contributed by atoms with E-state index in [-0.39, 0.29) is 5.78 Å². The fourth-order valence-electron chi connectivity index (χ4n) is 1.62. The van der Waals surface area contributed by atoms with E-state index >= 15 is 0 Å². The monoisotopic (exact) mass is 390 g/mol. The van der Waals surface area contributed by atoms with Crippen LogP contribution in [0.15, 0.2) is 69.6 Å². The Labute approximate surface area is 135 Å². The van der Waals surface area contributed by atoms with Crippen molar-refractivity contribution in [2.75, 3.05) is 0 Å². The highest BCUT2D eigenvalue weighted by atomic mass is 79.9. The second kappa shape index (κ2) is 7.36. The van der Waals surface area contributed by atoms with Crippen LogP contribution < -0.4 is 0 Å². The summed E-state index contributed by atoms with van der Waals surface area (Å²) in [7, 11) is 0. The van der Waals surface area contributed by atoms with Crippen molar-refractivity contribution in [2.24, 2.45) is 0 Å². The van der Waals surface area contributed by atoms with E-state index in [4.69, 9.17) is 0 Å². The number of halogens is 2. The lowest BCUT2D eigenvalue weighted by Crippen LogP contribution is -1.85. The molecular weight excluding hydrogens is 380 g/mol. The predicted molar refractivity (Wildman–Crippen MR) is 91.4 cm³/mol. The Morgan fingerprint density at radius 1 is 0.750 bits per heavy atom. The predicted octanol–water partition coefficient (Wildman–Crippen LogP) is 5.51. The Balaban J connectivity index is 2.07. The van der Waals surface area contributed by atoms with Crippen molar-refractivity contribution < 1.29 is 4.79 Å². The molecule has 0 unspecified atom stereocenters. The third-order valence-electron chi connectivity index (χ3n) is 2.66. The highest BCUT2D eigenvalue weighted by Gasteiger charge is 1.96. The smallest absolute Gasteiger partial charge is 0.178 e. The van der Waals surface area contributed by atoms with E-state index in [1.165, 1.54) is 0 Å². The molecule has 0 saturated heterocycles. The minimum Gasteiger partial charge on any atom is -0.290 e. The maximum absolute atomic E-state index is 11.8. The van der Waals surface area contributed by atoms with Gasteiger partial charge in [-0.15, -0.1) is 0 Å². The normalized spacial score (nSPS) is 11.3. The van der Waals surface area contributed by atoms with Crippen molar-refractivity contribution in [1.29, 1.82) is 0 Å².